The van der Waals surface area contributed by atoms with E-state index in [1.807, 2.05) is 0 Å². The third kappa shape index (κ3) is 4.92. The molecule has 0 spiro atoms. The first kappa shape index (κ1) is 16.1. The molecule has 2 aromatic carbocycles. The van der Waals surface area contributed by atoms with Gasteiger partial charge < -0.3 is 5.32 Å². The summed E-state index contributed by atoms with van der Waals surface area (Å²) < 4.78 is 37.3. The Morgan fingerprint density at radius 1 is 0.810 bits per heavy atom. The van der Waals surface area contributed by atoms with Crippen molar-refractivity contribution in [3.05, 3.63) is 69.2 Å². The van der Waals surface area contributed by atoms with E-state index in [-0.39, 0.29) is 0 Å². The van der Waals surface area contributed by atoms with E-state index in [0.29, 0.717) is 23.1 Å². The fourth-order valence-corrected chi connectivity index (χ4v) is 2.45. The molecule has 2 aromatic rings. The van der Waals surface area contributed by atoms with Crippen molar-refractivity contribution in [1.82, 2.24) is 5.32 Å². The van der Waals surface area contributed by atoms with Crippen LogP contribution in [-0.4, -0.2) is 0 Å². The van der Waals surface area contributed by atoms with Crippen LogP contribution in [0.4, 0.5) is 13.2 Å². The van der Waals surface area contributed by atoms with Crippen LogP contribution in [0.2, 0.25) is 10.0 Å². The zero-order chi connectivity index (χ0) is 15.5. The summed E-state index contributed by atoms with van der Waals surface area (Å²) in [6.07, 6.45) is -4.30. The summed E-state index contributed by atoms with van der Waals surface area (Å²) in [6.45, 7) is 0.990. The van der Waals surface area contributed by atoms with Gasteiger partial charge in [0.05, 0.1) is 5.56 Å². The van der Waals surface area contributed by atoms with Gasteiger partial charge in [-0.1, -0.05) is 35.3 Å². The van der Waals surface area contributed by atoms with Gasteiger partial charge in [-0.2, -0.15) is 13.2 Å². The number of benzene rings is 2. The summed E-state index contributed by atoms with van der Waals surface area (Å²) in [5.41, 5.74) is 1.04. The first-order valence-corrected chi connectivity index (χ1v) is 6.92. The quantitative estimate of drug-likeness (QED) is 0.800. The largest absolute Gasteiger partial charge is 0.416 e. The zero-order valence-electron chi connectivity index (χ0n) is 10.8. The Labute approximate surface area is 130 Å². The number of rotatable bonds is 4. The predicted octanol–water partition coefficient (Wildman–Crippen LogP) is 5.30. The molecule has 1 nitrogen and oxygen atoms in total. The maximum atomic E-state index is 12.4. The molecule has 0 heterocycles. The van der Waals surface area contributed by atoms with Crippen molar-refractivity contribution in [2.45, 2.75) is 19.3 Å². The molecule has 0 atom stereocenters. The molecule has 6 heteroatoms. The van der Waals surface area contributed by atoms with Crippen LogP contribution in [0.5, 0.6) is 0 Å². The standard InChI is InChI=1S/C15H12Cl2F3N/c16-13-5-11(6-14(17)7-13)9-21-8-10-1-3-12(4-2-10)15(18,19)20/h1-7,21H,8-9H2. The van der Waals surface area contributed by atoms with Crippen LogP contribution in [-0.2, 0) is 19.3 Å². The second-order valence-electron chi connectivity index (χ2n) is 4.58. The van der Waals surface area contributed by atoms with E-state index in [4.69, 9.17) is 23.2 Å². The fraction of sp³-hybridized carbons (Fsp3) is 0.200. The van der Waals surface area contributed by atoms with Crippen molar-refractivity contribution in [3.8, 4) is 0 Å². The van der Waals surface area contributed by atoms with Gasteiger partial charge in [0.25, 0.3) is 0 Å². The molecular weight excluding hydrogens is 322 g/mol. The van der Waals surface area contributed by atoms with E-state index in [1.165, 1.54) is 12.1 Å². The minimum Gasteiger partial charge on any atom is -0.309 e. The highest BCUT2D eigenvalue weighted by molar-refractivity contribution is 6.34. The van der Waals surface area contributed by atoms with E-state index < -0.39 is 11.7 Å². The minimum absolute atomic E-state index is 0.461. The normalized spacial score (nSPS) is 11.7. The van der Waals surface area contributed by atoms with Gasteiger partial charge in [-0.15, -0.1) is 0 Å². The Morgan fingerprint density at radius 3 is 1.86 bits per heavy atom. The Balaban J connectivity index is 1.91. The average molecular weight is 334 g/mol. The van der Waals surface area contributed by atoms with Crippen molar-refractivity contribution in [2.24, 2.45) is 0 Å². The molecular formula is C15H12Cl2F3N. The van der Waals surface area contributed by atoms with Crippen LogP contribution in [0, 0.1) is 0 Å². The lowest BCUT2D eigenvalue weighted by molar-refractivity contribution is -0.137. The summed E-state index contributed by atoms with van der Waals surface area (Å²) in [4.78, 5) is 0. The first-order chi connectivity index (χ1) is 9.84. The van der Waals surface area contributed by atoms with Crippen LogP contribution in [0.3, 0.4) is 0 Å². The molecule has 0 amide bonds. The van der Waals surface area contributed by atoms with E-state index in [1.54, 1.807) is 18.2 Å². The van der Waals surface area contributed by atoms with Gasteiger partial charge in [-0.25, -0.2) is 0 Å². The summed E-state index contributed by atoms with van der Waals surface area (Å²) in [7, 11) is 0. The van der Waals surface area contributed by atoms with Crippen LogP contribution < -0.4 is 5.32 Å². The van der Waals surface area contributed by atoms with Crippen LogP contribution in [0.1, 0.15) is 16.7 Å². The molecule has 112 valence electrons. The van der Waals surface area contributed by atoms with Crippen molar-refractivity contribution >= 4 is 23.2 Å². The highest BCUT2D eigenvalue weighted by Crippen LogP contribution is 2.29. The van der Waals surface area contributed by atoms with Crippen LogP contribution in [0.15, 0.2) is 42.5 Å². The number of hydrogen-bond donors (Lipinski definition) is 1. The molecule has 0 aliphatic rings. The molecule has 2 rings (SSSR count). The number of alkyl halides is 3. The van der Waals surface area contributed by atoms with Gasteiger partial charge in [0.2, 0.25) is 0 Å². The lowest BCUT2D eigenvalue weighted by Gasteiger charge is -2.09. The number of nitrogens with one attached hydrogen (secondary N) is 1. The highest BCUT2D eigenvalue weighted by atomic mass is 35.5. The highest BCUT2D eigenvalue weighted by Gasteiger charge is 2.29. The predicted molar refractivity (Wildman–Crippen MR) is 78.4 cm³/mol. The molecule has 0 unspecified atom stereocenters. The van der Waals surface area contributed by atoms with E-state index >= 15 is 0 Å². The maximum absolute atomic E-state index is 12.4. The lowest BCUT2D eigenvalue weighted by Crippen LogP contribution is -2.13. The van der Waals surface area contributed by atoms with Crippen molar-refractivity contribution in [3.63, 3.8) is 0 Å². The maximum Gasteiger partial charge on any atom is 0.416 e. The van der Waals surface area contributed by atoms with Gasteiger partial charge in [-0.05, 0) is 41.5 Å². The molecule has 0 aromatic heterocycles. The monoisotopic (exact) mass is 333 g/mol. The molecule has 0 aliphatic carbocycles. The topological polar surface area (TPSA) is 12.0 Å². The third-order valence-electron chi connectivity index (χ3n) is 2.86. The van der Waals surface area contributed by atoms with E-state index in [9.17, 15) is 13.2 Å². The Hall–Kier alpha value is -1.23. The van der Waals surface area contributed by atoms with Crippen LogP contribution >= 0.6 is 23.2 Å². The smallest absolute Gasteiger partial charge is 0.309 e. The number of hydrogen-bond acceptors (Lipinski definition) is 1. The SMILES string of the molecule is FC(F)(F)c1ccc(CNCc2cc(Cl)cc(Cl)c2)cc1. The van der Waals surface area contributed by atoms with Crippen molar-refractivity contribution < 1.29 is 13.2 Å². The minimum atomic E-state index is -4.30. The van der Waals surface area contributed by atoms with Gasteiger partial charge in [0, 0.05) is 23.1 Å². The second-order valence-corrected chi connectivity index (χ2v) is 5.45. The molecule has 0 radical (unpaired) electrons. The Bertz CT molecular complexity index is 589. The fourth-order valence-electron chi connectivity index (χ4n) is 1.88. The van der Waals surface area contributed by atoms with Crippen molar-refractivity contribution in [1.29, 1.82) is 0 Å². The molecule has 1 N–H and O–H groups in total. The molecule has 0 saturated heterocycles. The summed E-state index contributed by atoms with van der Waals surface area (Å²) in [5.74, 6) is 0. The molecule has 0 saturated carbocycles. The molecule has 0 bridgehead atoms. The van der Waals surface area contributed by atoms with Gasteiger partial charge in [0.1, 0.15) is 0 Å². The Morgan fingerprint density at radius 2 is 1.33 bits per heavy atom. The first-order valence-electron chi connectivity index (χ1n) is 6.16. The van der Waals surface area contributed by atoms with Gasteiger partial charge >= 0.3 is 6.18 Å². The third-order valence-corrected chi connectivity index (χ3v) is 3.30. The Kier molecular flexibility index (Phi) is 5.14. The number of halogens is 5. The van der Waals surface area contributed by atoms with Crippen molar-refractivity contribution in [2.75, 3.05) is 0 Å². The molecule has 0 aliphatic heterocycles. The second kappa shape index (κ2) is 6.69. The summed E-state index contributed by atoms with van der Waals surface area (Å²) in [5, 5.41) is 4.23. The van der Waals surface area contributed by atoms with E-state index in [0.717, 1.165) is 23.3 Å². The summed E-state index contributed by atoms with van der Waals surface area (Å²) in [6, 6.07) is 10.3. The lowest BCUT2D eigenvalue weighted by atomic mass is 10.1. The van der Waals surface area contributed by atoms with Gasteiger partial charge in [0.15, 0.2) is 0 Å². The van der Waals surface area contributed by atoms with Crippen LogP contribution in [0.25, 0.3) is 0 Å². The van der Waals surface area contributed by atoms with E-state index in [2.05, 4.69) is 5.32 Å². The zero-order valence-corrected chi connectivity index (χ0v) is 12.4. The molecule has 21 heavy (non-hydrogen) atoms. The molecule has 0 fully saturated rings. The van der Waals surface area contributed by atoms with Gasteiger partial charge in [-0.3, -0.25) is 0 Å². The summed E-state index contributed by atoms with van der Waals surface area (Å²) >= 11 is 11.8. The average Bonchev–Trinajstić information content (AvgIpc) is 2.37.